The monoisotopic (exact) mass is 348 g/mol. The lowest BCUT2D eigenvalue weighted by atomic mass is 9.72. The molecule has 1 heterocycles. The Morgan fingerprint density at radius 2 is 1.58 bits per heavy atom. The second-order valence-corrected chi connectivity index (χ2v) is 7.85. The van der Waals surface area contributed by atoms with Crippen molar-refractivity contribution in [1.82, 2.24) is 10.2 Å². The summed E-state index contributed by atoms with van der Waals surface area (Å²) in [5.41, 5.74) is 2.52. The first-order chi connectivity index (χ1) is 12.8. The third-order valence-corrected chi connectivity index (χ3v) is 6.15. The number of urea groups is 1. The predicted octanol–water partition coefficient (Wildman–Crippen LogP) is 4.73. The number of piperidine rings is 1. The summed E-state index contributed by atoms with van der Waals surface area (Å²) in [4.78, 5) is 14.9. The highest BCUT2D eigenvalue weighted by Crippen LogP contribution is 2.41. The number of likely N-dealkylation sites (tertiary alicyclic amines) is 1. The number of benzene rings is 2. The minimum atomic E-state index is -0.140. The molecular weight excluding hydrogens is 320 g/mol. The van der Waals surface area contributed by atoms with Crippen LogP contribution in [0.2, 0.25) is 0 Å². The minimum Gasteiger partial charge on any atom is -0.328 e. The van der Waals surface area contributed by atoms with E-state index < -0.39 is 0 Å². The first kappa shape index (κ1) is 17.1. The first-order valence-corrected chi connectivity index (χ1v) is 9.92. The summed E-state index contributed by atoms with van der Waals surface area (Å²) in [6.45, 7) is 1.74. The van der Waals surface area contributed by atoms with Gasteiger partial charge < -0.3 is 10.2 Å². The van der Waals surface area contributed by atoms with E-state index in [1.807, 2.05) is 11.0 Å². The topological polar surface area (TPSA) is 32.3 Å². The van der Waals surface area contributed by atoms with Gasteiger partial charge in [-0.2, -0.15) is 0 Å². The number of nitrogens with zero attached hydrogens (tertiary/aromatic N) is 1. The van der Waals surface area contributed by atoms with Crippen LogP contribution >= 0.6 is 0 Å². The zero-order chi connectivity index (χ0) is 17.8. The molecule has 2 fully saturated rings. The van der Waals surface area contributed by atoms with E-state index in [1.165, 1.54) is 17.5 Å². The van der Waals surface area contributed by atoms with Crippen LogP contribution in [0, 0.1) is 5.92 Å². The van der Waals surface area contributed by atoms with Gasteiger partial charge in [0.2, 0.25) is 0 Å². The molecule has 26 heavy (non-hydrogen) atoms. The van der Waals surface area contributed by atoms with E-state index in [0.29, 0.717) is 5.92 Å². The standard InChI is InChI=1S/C23H28N2O/c26-22(24-23(14-7-15-23)21-10-5-2-6-11-21)25-16-12-20(13-17-25)18-19-8-3-1-4-9-19/h1-6,8-11,20H,7,12-18H2,(H,24,26). The van der Waals surface area contributed by atoms with Crippen LogP contribution in [0.25, 0.3) is 0 Å². The van der Waals surface area contributed by atoms with E-state index in [4.69, 9.17) is 0 Å². The largest absolute Gasteiger partial charge is 0.328 e. The van der Waals surface area contributed by atoms with Gasteiger partial charge in [0, 0.05) is 13.1 Å². The van der Waals surface area contributed by atoms with Crippen LogP contribution in [-0.2, 0) is 12.0 Å². The zero-order valence-electron chi connectivity index (χ0n) is 15.4. The van der Waals surface area contributed by atoms with Crippen molar-refractivity contribution in [3.63, 3.8) is 0 Å². The summed E-state index contributed by atoms with van der Waals surface area (Å²) in [6.07, 6.45) is 6.61. The molecule has 4 rings (SSSR count). The van der Waals surface area contributed by atoms with Crippen molar-refractivity contribution in [3.8, 4) is 0 Å². The van der Waals surface area contributed by atoms with Crippen molar-refractivity contribution in [2.24, 2.45) is 5.92 Å². The summed E-state index contributed by atoms with van der Waals surface area (Å²) < 4.78 is 0. The van der Waals surface area contributed by atoms with Gasteiger partial charge in [-0.3, -0.25) is 0 Å². The fourth-order valence-electron chi connectivity index (χ4n) is 4.34. The van der Waals surface area contributed by atoms with Gasteiger partial charge in [0.05, 0.1) is 5.54 Å². The van der Waals surface area contributed by atoms with E-state index in [0.717, 1.165) is 45.2 Å². The third-order valence-electron chi connectivity index (χ3n) is 6.15. The Kier molecular flexibility index (Phi) is 4.96. The molecule has 2 aliphatic rings. The average Bonchev–Trinajstić information content (AvgIpc) is 2.67. The molecule has 0 radical (unpaired) electrons. The van der Waals surface area contributed by atoms with Crippen molar-refractivity contribution in [2.45, 2.75) is 44.1 Å². The van der Waals surface area contributed by atoms with Crippen LogP contribution in [0.15, 0.2) is 60.7 Å². The van der Waals surface area contributed by atoms with Crippen LogP contribution in [0.4, 0.5) is 4.79 Å². The molecule has 0 aromatic heterocycles. The van der Waals surface area contributed by atoms with Crippen molar-refractivity contribution < 1.29 is 4.79 Å². The van der Waals surface area contributed by atoms with Crippen LogP contribution in [0.1, 0.15) is 43.2 Å². The summed E-state index contributed by atoms with van der Waals surface area (Å²) >= 11 is 0. The van der Waals surface area contributed by atoms with Crippen LogP contribution < -0.4 is 5.32 Å². The molecule has 3 heteroatoms. The molecule has 136 valence electrons. The van der Waals surface area contributed by atoms with E-state index in [-0.39, 0.29) is 11.6 Å². The quantitative estimate of drug-likeness (QED) is 0.851. The first-order valence-electron chi connectivity index (χ1n) is 9.92. The van der Waals surface area contributed by atoms with Crippen molar-refractivity contribution in [1.29, 1.82) is 0 Å². The Morgan fingerprint density at radius 3 is 2.15 bits per heavy atom. The highest BCUT2D eigenvalue weighted by Gasteiger charge is 2.41. The zero-order valence-corrected chi connectivity index (χ0v) is 15.4. The molecule has 1 saturated carbocycles. The summed E-state index contributed by atoms with van der Waals surface area (Å²) in [5.74, 6) is 0.688. The lowest BCUT2D eigenvalue weighted by Crippen LogP contribution is -2.56. The van der Waals surface area contributed by atoms with Crippen LogP contribution in [0.5, 0.6) is 0 Å². The maximum absolute atomic E-state index is 12.9. The molecule has 0 spiro atoms. The van der Waals surface area contributed by atoms with E-state index in [9.17, 15) is 4.79 Å². The summed E-state index contributed by atoms with van der Waals surface area (Å²) in [5, 5.41) is 3.37. The minimum absolute atomic E-state index is 0.117. The molecule has 2 amide bonds. The van der Waals surface area contributed by atoms with Gasteiger partial charge in [-0.05, 0) is 55.6 Å². The van der Waals surface area contributed by atoms with Crippen molar-refractivity contribution in [3.05, 3.63) is 71.8 Å². The number of amides is 2. The second-order valence-electron chi connectivity index (χ2n) is 7.85. The predicted molar refractivity (Wildman–Crippen MR) is 105 cm³/mol. The van der Waals surface area contributed by atoms with Crippen molar-refractivity contribution >= 4 is 6.03 Å². The van der Waals surface area contributed by atoms with Crippen LogP contribution in [0.3, 0.4) is 0 Å². The fraction of sp³-hybridized carbons (Fsp3) is 0.435. The number of carbonyl (C=O) groups is 1. The Labute approximate surface area is 156 Å². The fourth-order valence-corrected chi connectivity index (χ4v) is 4.34. The maximum atomic E-state index is 12.9. The summed E-state index contributed by atoms with van der Waals surface area (Å²) in [6, 6.07) is 21.3. The number of carbonyl (C=O) groups excluding carboxylic acids is 1. The molecule has 1 N–H and O–H groups in total. The Morgan fingerprint density at radius 1 is 0.962 bits per heavy atom. The number of rotatable bonds is 4. The molecule has 0 unspecified atom stereocenters. The second kappa shape index (κ2) is 7.53. The highest BCUT2D eigenvalue weighted by atomic mass is 16.2. The van der Waals surface area contributed by atoms with Gasteiger partial charge >= 0.3 is 6.03 Å². The SMILES string of the molecule is O=C(NC1(c2ccccc2)CCC1)N1CCC(Cc2ccccc2)CC1. The maximum Gasteiger partial charge on any atom is 0.318 e. The Bertz CT molecular complexity index is 716. The normalized spacial score (nSPS) is 19.6. The molecule has 0 bridgehead atoms. The average molecular weight is 348 g/mol. The molecule has 1 aliphatic carbocycles. The molecule has 2 aromatic rings. The van der Waals surface area contributed by atoms with E-state index in [1.54, 1.807) is 0 Å². The smallest absolute Gasteiger partial charge is 0.318 e. The summed E-state index contributed by atoms with van der Waals surface area (Å²) in [7, 11) is 0. The third kappa shape index (κ3) is 3.62. The Balaban J connectivity index is 1.32. The molecular formula is C23H28N2O. The van der Waals surface area contributed by atoms with Gasteiger partial charge in [0.15, 0.2) is 0 Å². The number of hydrogen-bond acceptors (Lipinski definition) is 1. The Hall–Kier alpha value is -2.29. The van der Waals surface area contributed by atoms with Crippen LogP contribution in [-0.4, -0.2) is 24.0 Å². The molecule has 1 aliphatic heterocycles. The lowest BCUT2D eigenvalue weighted by Gasteiger charge is -2.45. The van der Waals surface area contributed by atoms with Gasteiger partial charge in [-0.1, -0.05) is 60.7 Å². The molecule has 0 atom stereocenters. The van der Waals surface area contributed by atoms with E-state index in [2.05, 4.69) is 59.9 Å². The number of hydrogen-bond donors (Lipinski definition) is 1. The molecule has 3 nitrogen and oxygen atoms in total. The van der Waals surface area contributed by atoms with Gasteiger partial charge in [0.25, 0.3) is 0 Å². The van der Waals surface area contributed by atoms with Gasteiger partial charge in [-0.15, -0.1) is 0 Å². The highest BCUT2D eigenvalue weighted by molar-refractivity contribution is 5.75. The van der Waals surface area contributed by atoms with Crippen molar-refractivity contribution in [2.75, 3.05) is 13.1 Å². The molecule has 2 aromatic carbocycles. The molecule has 1 saturated heterocycles. The van der Waals surface area contributed by atoms with E-state index >= 15 is 0 Å². The van der Waals surface area contributed by atoms with Gasteiger partial charge in [0.1, 0.15) is 0 Å². The lowest BCUT2D eigenvalue weighted by molar-refractivity contribution is 0.134. The number of nitrogens with one attached hydrogen (secondary N) is 1. The van der Waals surface area contributed by atoms with Gasteiger partial charge in [-0.25, -0.2) is 4.79 Å².